The van der Waals surface area contributed by atoms with Crippen LogP contribution < -0.4 is 11.5 Å². The molecule has 4 nitrogen and oxygen atoms in total. The first-order valence-corrected chi connectivity index (χ1v) is 4.60. The molecule has 0 unspecified atom stereocenters. The van der Waals surface area contributed by atoms with E-state index in [4.69, 9.17) is 11.5 Å². The van der Waals surface area contributed by atoms with Crippen molar-refractivity contribution < 1.29 is 0 Å². The molecule has 4 N–H and O–H groups in total. The van der Waals surface area contributed by atoms with Gasteiger partial charge in [0.1, 0.15) is 11.6 Å². The Bertz CT molecular complexity index is 306. The molecule has 0 aromatic carbocycles. The SMILES string of the molecule is NCc1cnc(CC2CC2)nc1N. The number of hydrogen-bond acceptors (Lipinski definition) is 4. The van der Waals surface area contributed by atoms with Crippen LogP contribution in [-0.4, -0.2) is 9.97 Å². The molecule has 1 fully saturated rings. The van der Waals surface area contributed by atoms with Crippen molar-refractivity contribution in [1.29, 1.82) is 0 Å². The van der Waals surface area contributed by atoms with Crippen LogP contribution in [0.25, 0.3) is 0 Å². The molecule has 0 spiro atoms. The van der Waals surface area contributed by atoms with Crippen molar-refractivity contribution in [3.8, 4) is 0 Å². The van der Waals surface area contributed by atoms with Gasteiger partial charge in [0, 0.05) is 24.7 Å². The molecule has 0 bridgehead atoms. The highest BCUT2D eigenvalue weighted by molar-refractivity contribution is 5.37. The largest absolute Gasteiger partial charge is 0.383 e. The Hall–Kier alpha value is -1.16. The predicted molar refractivity (Wildman–Crippen MR) is 50.8 cm³/mol. The van der Waals surface area contributed by atoms with E-state index < -0.39 is 0 Å². The summed E-state index contributed by atoms with van der Waals surface area (Å²) < 4.78 is 0. The average molecular weight is 178 g/mol. The standard InChI is InChI=1S/C9H14N4/c10-4-7-5-12-8(13-9(7)11)3-6-1-2-6/h5-6H,1-4,10H2,(H2,11,12,13). The summed E-state index contributed by atoms with van der Waals surface area (Å²) >= 11 is 0. The number of nitrogen functional groups attached to an aromatic ring is 1. The zero-order valence-electron chi connectivity index (χ0n) is 7.53. The molecule has 0 radical (unpaired) electrons. The molecule has 1 aromatic heterocycles. The summed E-state index contributed by atoms with van der Waals surface area (Å²) in [7, 11) is 0. The molecule has 0 atom stereocenters. The molecule has 2 rings (SSSR count). The van der Waals surface area contributed by atoms with Gasteiger partial charge >= 0.3 is 0 Å². The van der Waals surface area contributed by atoms with E-state index in [2.05, 4.69) is 9.97 Å². The number of hydrogen-bond donors (Lipinski definition) is 2. The van der Waals surface area contributed by atoms with E-state index in [0.29, 0.717) is 12.4 Å². The van der Waals surface area contributed by atoms with E-state index in [1.54, 1.807) is 6.20 Å². The minimum absolute atomic E-state index is 0.412. The Morgan fingerprint density at radius 2 is 2.23 bits per heavy atom. The minimum atomic E-state index is 0.412. The highest BCUT2D eigenvalue weighted by Gasteiger charge is 2.22. The number of rotatable bonds is 3. The Morgan fingerprint density at radius 1 is 1.46 bits per heavy atom. The third kappa shape index (κ3) is 1.95. The quantitative estimate of drug-likeness (QED) is 0.705. The first kappa shape index (κ1) is 8.44. The Kier molecular flexibility index (Phi) is 2.14. The maximum Gasteiger partial charge on any atom is 0.131 e. The average Bonchev–Trinajstić information content (AvgIpc) is 2.89. The molecular formula is C9H14N4. The topological polar surface area (TPSA) is 77.8 Å². The van der Waals surface area contributed by atoms with Crippen molar-refractivity contribution in [3.63, 3.8) is 0 Å². The van der Waals surface area contributed by atoms with Crippen LogP contribution in [0.5, 0.6) is 0 Å². The third-order valence-corrected chi connectivity index (χ3v) is 2.34. The highest BCUT2D eigenvalue weighted by Crippen LogP contribution is 2.31. The van der Waals surface area contributed by atoms with Crippen molar-refractivity contribution in [2.45, 2.75) is 25.8 Å². The van der Waals surface area contributed by atoms with Gasteiger partial charge in [-0.2, -0.15) is 0 Å². The summed E-state index contributed by atoms with van der Waals surface area (Å²) in [6.07, 6.45) is 5.32. The van der Waals surface area contributed by atoms with Crippen LogP contribution >= 0.6 is 0 Å². The van der Waals surface area contributed by atoms with Gasteiger partial charge in [-0.3, -0.25) is 0 Å². The van der Waals surface area contributed by atoms with E-state index in [-0.39, 0.29) is 0 Å². The summed E-state index contributed by atoms with van der Waals surface area (Å²) in [4.78, 5) is 8.43. The van der Waals surface area contributed by atoms with Gasteiger partial charge in [-0.1, -0.05) is 0 Å². The van der Waals surface area contributed by atoms with Crippen molar-refractivity contribution in [2.24, 2.45) is 11.7 Å². The van der Waals surface area contributed by atoms with Gasteiger partial charge in [-0.05, 0) is 18.8 Å². The summed E-state index contributed by atoms with van der Waals surface area (Å²) in [5.74, 6) is 2.19. The van der Waals surface area contributed by atoms with Gasteiger partial charge in [0.25, 0.3) is 0 Å². The smallest absolute Gasteiger partial charge is 0.131 e. The molecule has 70 valence electrons. The Balaban J connectivity index is 2.13. The maximum atomic E-state index is 5.70. The van der Waals surface area contributed by atoms with E-state index >= 15 is 0 Å². The fourth-order valence-electron chi connectivity index (χ4n) is 1.29. The van der Waals surface area contributed by atoms with Crippen LogP contribution in [0.3, 0.4) is 0 Å². The van der Waals surface area contributed by atoms with Gasteiger partial charge < -0.3 is 11.5 Å². The lowest BCUT2D eigenvalue weighted by Gasteiger charge is -2.03. The Morgan fingerprint density at radius 3 is 2.77 bits per heavy atom. The maximum absolute atomic E-state index is 5.70. The first-order valence-electron chi connectivity index (χ1n) is 4.60. The number of aromatic nitrogens is 2. The van der Waals surface area contributed by atoms with Crippen molar-refractivity contribution >= 4 is 5.82 Å². The third-order valence-electron chi connectivity index (χ3n) is 2.34. The summed E-state index contributed by atoms with van der Waals surface area (Å²) in [5.41, 5.74) is 12.0. The molecule has 0 amide bonds. The normalized spacial score (nSPS) is 16.1. The van der Waals surface area contributed by atoms with Gasteiger partial charge in [0.15, 0.2) is 0 Å². The van der Waals surface area contributed by atoms with Crippen LogP contribution in [-0.2, 0) is 13.0 Å². The Labute approximate surface area is 77.4 Å². The predicted octanol–water partition coefficient (Wildman–Crippen LogP) is 0.470. The van der Waals surface area contributed by atoms with E-state index in [0.717, 1.165) is 23.7 Å². The van der Waals surface area contributed by atoms with Gasteiger partial charge in [0.05, 0.1) is 0 Å². The number of anilines is 1. The molecule has 1 heterocycles. The van der Waals surface area contributed by atoms with Crippen molar-refractivity contribution in [1.82, 2.24) is 9.97 Å². The lowest BCUT2D eigenvalue weighted by Crippen LogP contribution is -2.07. The second kappa shape index (κ2) is 3.30. The minimum Gasteiger partial charge on any atom is -0.383 e. The molecule has 4 heteroatoms. The van der Waals surface area contributed by atoms with Crippen LogP contribution in [0.1, 0.15) is 24.2 Å². The van der Waals surface area contributed by atoms with Crippen LogP contribution in [0.4, 0.5) is 5.82 Å². The van der Waals surface area contributed by atoms with E-state index in [9.17, 15) is 0 Å². The fourth-order valence-corrected chi connectivity index (χ4v) is 1.29. The molecule has 1 aromatic rings. The van der Waals surface area contributed by atoms with Crippen LogP contribution in [0.15, 0.2) is 6.20 Å². The second-order valence-electron chi connectivity index (χ2n) is 3.55. The molecule has 0 saturated heterocycles. The van der Waals surface area contributed by atoms with Crippen molar-refractivity contribution in [2.75, 3.05) is 5.73 Å². The first-order chi connectivity index (χ1) is 6.29. The van der Waals surface area contributed by atoms with Crippen molar-refractivity contribution in [3.05, 3.63) is 17.6 Å². The highest BCUT2D eigenvalue weighted by atomic mass is 14.9. The van der Waals surface area contributed by atoms with E-state index in [1.165, 1.54) is 12.8 Å². The zero-order valence-corrected chi connectivity index (χ0v) is 7.53. The van der Waals surface area contributed by atoms with Gasteiger partial charge in [-0.25, -0.2) is 9.97 Å². The molecule has 1 saturated carbocycles. The molecule has 1 aliphatic rings. The monoisotopic (exact) mass is 178 g/mol. The van der Waals surface area contributed by atoms with Crippen LogP contribution in [0.2, 0.25) is 0 Å². The lowest BCUT2D eigenvalue weighted by atomic mass is 10.2. The zero-order chi connectivity index (χ0) is 9.26. The molecule has 1 aliphatic carbocycles. The summed E-state index contributed by atoms with van der Waals surface area (Å²) in [6, 6.07) is 0. The molecular weight excluding hydrogens is 164 g/mol. The molecule has 13 heavy (non-hydrogen) atoms. The van der Waals surface area contributed by atoms with Crippen LogP contribution in [0, 0.1) is 5.92 Å². The van der Waals surface area contributed by atoms with Gasteiger partial charge in [-0.15, -0.1) is 0 Å². The lowest BCUT2D eigenvalue weighted by molar-refractivity contribution is 0.767. The molecule has 0 aliphatic heterocycles. The van der Waals surface area contributed by atoms with Gasteiger partial charge in [0.2, 0.25) is 0 Å². The number of nitrogens with two attached hydrogens (primary N) is 2. The second-order valence-corrected chi connectivity index (χ2v) is 3.55. The fraction of sp³-hybridized carbons (Fsp3) is 0.556. The van der Waals surface area contributed by atoms with E-state index in [1.807, 2.05) is 0 Å². The summed E-state index contributed by atoms with van der Waals surface area (Å²) in [5, 5.41) is 0. The number of nitrogens with zero attached hydrogens (tertiary/aromatic N) is 2. The summed E-state index contributed by atoms with van der Waals surface area (Å²) in [6.45, 7) is 0.412.